The topological polar surface area (TPSA) is 64.2 Å². The molecule has 0 radical (unpaired) electrons. The third-order valence-corrected chi connectivity index (χ3v) is 3.70. The van der Waals surface area contributed by atoms with Crippen LogP contribution in [0.4, 0.5) is 0 Å². The van der Waals surface area contributed by atoms with Crippen LogP contribution in [0.1, 0.15) is 11.3 Å². The van der Waals surface area contributed by atoms with E-state index in [0.717, 1.165) is 16.9 Å². The summed E-state index contributed by atoms with van der Waals surface area (Å²) in [6.07, 6.45) is 0. The fraction of sp³-hybridized carbons (Fsp3) is 0.286. The van der Waals surface area contributed by atoms with Gasteiger partial charge in [0.05, 0.1) is 19.4 Å². The minimum Gasteiger partial charge on any atom is -0.496 e. The molecule has 106 valence electrons. The van der Waals surface area contributed by atoms with Gasteiger partial charge in [-0.15, -0.1) is 0 Å². The number of aromatic amines is 1. The zero-order valence-electron chi connectivity index (χ0n) is 11.5. The highest BCUT2D eigenvalue weighted by Crippen LogP contribution is 2.24. The van der Waals surface area contributed by atoms with Crippen LogP contribution in [0.25, 0.3) is 11.4 Å². The Kier molecular flexibility index (Phi) is 4.57. The van der Waals surface area contributed by atoms with E-state index in [-0.39, 0.29) is 12.2 Å². The average molecular weight is 339 g/mol. The molecule has 0 bridgehead atoms. The van der Waals surface area contributed by atoms with Gasteiger partial charge in [-0.05, 0) is 46.6 Å². The van der Waals surface area contributed by atoms with Crippen LogP contribution >= 0.6 is 15.9 Å². The Morgan fingerprint density at radius 2 is 2.10 bits per heavy atom. The van der Waals surface area contributed by atoms with Gasteiger partial charge in [0.1, 0.15) is 16.0 Å². The number of nitrogens with one attached hydrogen (secondary N) is 1. The standard InChI is InChI=1S/C14H15BrN2O3/c1-8-6-9(4-5-11(8)20-3)13-16-10(7-19-2)12(15)14(18)17-13/h4-6H,7H2,1-3H3,(H,16,17,18). The second-order valence-corrected chi connectivity index (χ2v) is 5.09. The summed E-state index contributed by atoms with van der Waals surface area (Å²) >= 11 is 3.22. The van der Waals surface area contributed by atoms with Gasteiger partial charge >= 0.3 is 0 Å². The van der Waals surface area contributed by atoms with E-state index >= 15 is 0 Å². The molecule has 2 rings (SSSR count). The molecule has 1 aromatic heterocycles. The summed E-state index contributed by atoms with van der Waals surface area (Å²) in [4.78, 5) is 19.1. The molecule has 1 heterocycles. The minimum atomic E-state index is -0.226. The third-order valence-electron chi connectivity index (χ3n) is 2.88. The van der Waals surface area contributed by atoms with Gasteiger partial charge in [-0.1, -0.05) is 0 Å². The fourth-order valence-electron chi connectivity index (χ4n) is 1.90. The van der Waals surface area contributed by atoms with E-state index in [4.69, 9.17) is 9.47 Å². The lowest BCUT2D eigenvalue weighted by atomic mass is 10.1. The molecule has 0 amide bonds. The highest BCUT2D eigenvalue weighted by molar-refractivity contribution is 9.10. The van der Waals surface area contributed by atoms with Gasteiger partial charge in [0.25, 0.3) is 5.56 Å². The van der Waals surface area contributed by atoms with Crippen molar-refractivity contribution in [1.82, 2.24) is 9.97 Å². The molecule has 1 N–H and O–H groups in total. The molecule has 1 aromatic carbocycles. The van der Waals surface area contributed by atoms with Crippen molar-refractivity contribution in [2.24, 2.45) is 0 Å². The number of hydrogen-bond acceptors (Lipinski definition) is 4. The molecular weight excluding hydrogens is 324 g/mol. The summed E-state index contributed by atoms with van der Waals surface area (Å²) in [5.41, 5.74) is 2.14. The second kappa shape index (κ2) is 6.19. The molecule has 5 nitrogen and oxygen atoms in total. The highest BCUT2D eigenvalue weighted by Gasteiger charge is 2.11. The number of methoxy groups -OCH3 is 2. The van der Waals surface area contributed by atoms with E-state index in [1.54, 1.807) is 14.2 Å². The lowest BCUT2D eigenvalue weighted by Crippen LogP contribution is -2.14. The summed E-state index contributed by atoms with van der Waals surface area (Å²) in [5.74, 6) is 1.31. The van der Waals surface area contributed by atoms with Gasteiger partial charge in [0.2, 0.25) is 0 Å². The van der Waals surface area contributed by atoms with E-state index in [2.05, 4.69) is 25.9 Å². The lowest BCUT2D eigenvalue weighted by Gasteiger charge is -2.09. The number of rotatable bonds is 4. The van der Waals surface area contributed by atoms with Crippen LogP contribution in [0.15, 0.2) is 27.5 Å². The summed E-state index contributed by atoms with van der Waals surface area (Å²) in [5, 5.41) is 0. The molecule has 0 spiro atoms. The Balaban J connectivity index is 2.52. The maximum atomic E-state index is 11.9. The Morgan fingerprint density at radius 3 is 2.70 bits per heavy atom. The van der Waals surface area contributed by atoms with Crippen LogP contribution in [0.3, 0.4) is 0 Å². The Morgan fingerprint density at radius 1 is 1.35 bits per heavy atom. The first-order valence-electron chi connectivity index (χ1n) is 5.99. The van der Waals surface area contributed by atoms with Crippen molar-refractivity contribution in [3.05, 3.63) is 44.3 Å². The predicted molar refractivity (Wildman–Crippen MR) is 80.0 cm³/mol. The van der Waals surface area contributed by atoms with Crippen LogP contribution in [-0.4, -0.2) is 24.2 Å². The number of nitrogens with zero attached hydrogens (tertiary/aromatic N) is 1. The van der Waals surface area contributed by atoms with E-state index in [9.17, 15) is 4.79 Å². The van der Waals surface area contributed by atoms with Gasteiger partial charge in [-0.25, -0.2) is 4.98 Å². The van der Waals surface area contributed by atoms with E-state index in [1.807, 2.05) is 25.1 Å². The van der Waals surface area contributed by atoms with Crippen molar-refractivity contribution in [3.8, 4) is 17.1 Å². The van der Waals surface area contributed by atoms with Crippen LogP contribution in [0.5, 0.6) is 5.75 Å². The van der Waals surface area contributed by atoms with Crippen molar-refractivity contribution >= 4 is 15.9 Å². The molecule has 6 heteroatoms. The molecule has 2 aromatic rings. The summed E-state index contributed by atoms with van der Waals surface area (Å²) in [6.45, 7) is 2.21. The largest absolute Gasteiger partial charge is 0.496 e. The maximum absolute atomic E-state index is 11.9. The lowest BCUT2D eigenvalue weighted by molar-refractivity contribution is 0.180. The van der Waals surface area contributed by atoms with Crippen molar-refractivity contribution in [2.75, 3.05) is 14.2 Å². The number of benzene rings is 1. The monoisotopic (exact) mass is 338 g/mol. The van der Waals surface area contributed by atoms with Crippen LogP contribution in [-0.2, 0) is 11.3 Å². The molecule has 0 aliphatic rings. The molecule has 0 saturated carbocycles. The molecule has 0 saturated heterocycles. The molecule has 20 heavy (non-hydrogen) atoms. The number of aromatic nitrogens is 2. The maximum Gasteiger partial charge on any atom is 0.265 e. The summed E-state index contributed by atoms with van der Waals surface area (Å²) < 4.78 is 10.7. The van der Waals surface area contributed by atoms with Gasteiger partial charge < -0.3 is 14.5 Å². The molecular formula is C14H15BrN2O3. The molecule has 0 fully saturated rings. The summed E-state index contributed by atoms with van der Waals surface area (Å²) in [7, 11) is 3.19. The number of aryl methyl sites for hydroxylation is 1. The predicted octanol–water partition coefficient (Wildman–Crippen LogP) is 2.66. The average Bonchev–Trinajstić information content (AvgIpc) is 2.43. The van der Waals surface area contributed by atoms with Gasteiger partial charge in [-0.2, -0.15) is 0 Å². The normalized spacial score (nSPS) is 10.6. The van der Waals surface area contributed by atoms with Crippen molar-refractivity contribution in [1.29, 1.82) is 0 Å². The zero-order chi connectivity index (χ0) is 14.7. The highest BCUT2D eigenvalue weighted by atomic mass is 79.9. The Bertz CT molecular complexity index is 683. The van der Waals surface area contributed by atoms with Crippen molar-refractivity contribution in [2.45, 2.75) is 13.5 Å². The quantitative estimate of drug-likeness (QED) is 0.930. The van der Waals surface area contributed by atoms with Gasteiger partial charge in [-0.3, -0.25) is 4.79 Å². The van der Waals surface area contributed by atoms with Crippen LogP contribution < -0.4 is 10.3 Å². The van der Waals surface area contributed by atoms with Crippen LogP contribution in [0, 0.1) is 6.92 Å². The SMILES string of the molecule is COCc1nc(-c2ccc(OC)c(C)c2)[nH]c(=O)c1Br. The number of hydrogen-bond donors (Lipinski definition) is 1. The zero-order valence-corrected chi connectivity index (χ0v) is 13.1. The Labute approximate surface area is 125 Å². The minimum absolute atomic E-state index is 0.226. The molecule has 0 aliphatic heterocycles. The smallest absolute Gasteiger partial charge is 0.265 e. The number of ether oxygens (including phenoxy) is 2. The first-order chi connectivity index (χ1) is 9.56. The number of halogens is 1. The third kappa shape index (κ3) is 2.91. The fourth-order valence-corrected chi connectivity index (χ4v) is 2.20. The van der Waals surface area contributed by atoms with E-state index in [0.29, 0.717) is 16.0 Å². The van der Waals surface area contributed by atoms with Crippen LogP contribution in [0.2, 0.25) is 0 Å². The van der Waals surface area contributed by atoms with Gasteiger partial charge in [0.15, 0.2) is 0 Å². The second-order valence-electron chi connectivity index (χ2n) is 4.29. The molecule has 0 aliphatic carbocycles. The first-order valence-corrected chi connectivity index (χ1v) is 6.78. The van der Waals surface area contributed by atoms with Crippen molar-refractivity contribution < 1.29 is 9.47 Å². The molecule has 0 unspecified atom stereocenters. The molecule has 0 atom stereocenters. The number of H-pyrrole nitrogens is 1. The summed E-state index contributed by atoms with van der Waals surface area (Å²) in [6, 6.07) is 5.62. The van der Waals surface area contributed by atoms with Gasteiger partial charge in [0, 0.05) is 12.7 Å². The van der Waals surface area contributed by atoms with Crippen molar-refractivity contribution in [3.63, 3.8) is 0 Å². The van der Waals surface area contributed by atoms with E-state index < -0.39 is 0 Å². The Hall–Kier alpha value is -1.66. The first kappa shape index (κ1) is 14.7. The van der Waals surface area contributed by atoms with E-state index in [1.165, 1.54) is 0 Å².